The minimum Gasteiger partial charge on any atom is -0.326 e. The highest BCUT2D eigenvalue weighted by molar-refractivity contribution is 6.32. The molecule has 4 rings (SSSR count). The van der Waals surface area contributed by atoms with Crippen LogP contribution in [0.25, 0.3) is 6.08 Å². The standard InChI is InChI=1S/C27H23N3O2/c1-2-25(31)28-22-16-18-23(19-17-22)30-26(21-13-7-4-8-14-21)29-24(27(30)32)15-9-12-20-10-5-3-6-11-20/h3-19H,2H2,1H3,(H,28,31). The monoisotopic (exact) mass is 421 g/mol. The second-order valence-electron chi connectivity index (χ2n) is 7.21. The lowest BCUT2D eigenvalue weighted by molar-refractivity contribution is -0.116. The predicted molar refractivity (Wildman–Crippen MR) is 129 cm³/mol. The van der Waals surface area contributed by atoms with Gasteiger partial charge in [-0.3, -0.25) is 14.5 Å². The second kappa shape index (κ2) is 9.71. The number of carbonyl (C=O) groups is 2. The van der Waals surface area contributed by atoms with Crippen LogP contribution in [0, 0.1) is 0 Å². The van der Waals surface area contributed by atoms with Crippen molar-refractivity contribution in [3.63, 3.8) is 0 Å². The Labute approximate surface area is 187 Å². The van der Waals surface area contributed by atoms with Crippen LogP contribution in [-0.2, 0) is 9.59 Å². The number of aliphatic imine (C=N–C) groups is 1. The van der Waals surface area contributed by atoms with Crippen molar-refractivity contribution in [1.82, 2.24) is 0 Å². The number of amides is 2. The van der Waals surface area contributed by atoms with Crippen LogP contribution in [0.1, 0.15) is 24.5 Å². The van der Waals surface area contributed by atoms with Crippen LogP contribution in [0.15, 0.2) is 108 Å². The summed E-state index contributed by atoms with van der Waals surface area (Å²) in [5, 5.41) is 2.82. The minimum atomic E-state index is -0.202. The summed E-state index contributed by atoms with van der Waals surface area (Å²) in [6.07, 6.45) is 5.91. The van der Waals surface area contributed by atoms with Gasteiger partial charge in [-0.05, 0) is 35.9 Å². The molecule has 3 aromatic rings. The maximum absolute atomic E-state index is 13.3. The molecule has 0 saturated heterocycles. The normalized spacial score (nSPS) is 14.8. The lowest BCUT2D eigenvalue weighted by Crippen LogP contribution is -2.32. The molecule has 0 radical (unpaired) electrons. The van der Waals surface area contributed by atoms with E-state index in [1.807, 2.05) is 84.9 Å². The third-order valence-electron chi connectivity index (χ3n) is 4.97. The fraction of sp³-hybridized carbons (Fsp3) is 0.0741. The molecular formula is C27H23N3O2. The first-order valence-electron chi connectivity index (χ1n) is 10.5. The molecule has 3 aromatic carbocycles. The summed E-state index contributed by atoms with van der Waals surface area (Å²) >= 11 is 0. The Bertz CT molecular complexity index is 1190. The number of carbonyl (C=O) groups excluding carboxylic acids is 2. The Morgan fingerprint density at radius 3 is 2.25 bits per heavy atom. The number of rotatable bonds is 6. The molecule has 0 atom stereocenters. The average Bonchev–Trinajstić information content (AvgIpc) is 3.17. The molecule has 1 heterocycles. The number of benzene rings is 3. The zero-order valence-electron chi connectivity index (χ0n) is 17.7. The van der Waals surface area contributed by atoms with Gasteiger partial charge in [0.15, 0.2) is 0 Å². The molecule has 0 bridgehead atoms. The van der Waals surface area contributed by atoms with Crippen LogP contribution in [-0.4, -0.2) is 17.6 Å². The van der Waals surface area contributed by atoms with Crippen LogP contribution in [0.5, 0.6) is 0 Å². The lowest BCUT2D eigenvalue weighted by Gasteiger charge is -2.19. The van der Waals surface area contributed by atoms with Crippen molar-refractivity contribution in [3.05, 3.63) is 114 Å². The molecule has 32 heavy (non-hydrogen) atoms. The maximum atomic E-state index is 13.3. The van der Waals surface area contributed by atoms with Crippen LogP contribution in [0.3, 0.4) is 0 Å². The van der Waals surface area contributed by atoms with Crippen molar-refractivity contribution in [2.75, 3.05) is 10.2 Å². The SMILES string of the molecule is CCC(=O)Nc1ccc(N2C(=O)C(=CC=Cc3ccccc3)N=C2c2ccccc2)cc1. The van der Waals surface area contributed by atoms with Crippen LogP contribution >= 0.6 is 0 Å². The van der Waals surface area contributed by atoms with Crippen molar-refractivity contribution < 1.29 is 9.59 Å². The number of hydrogen-bond donors (Lipinski definition) is 1. The molecule has 5 heteroatoms. The van der Waals surface area contributed by atoms with Gasteiger partial charge >= 0.3 is 0 Å². The van der Waals surface area contributed by atoms with E-state index in [1.165, 1.54) is 0 Å². The summed E-state index contributed by atoms with van der Waals surface area (Å²) in [7, 11) is 0. The summed E-state index contributed by atoms with van der Waals surface area (Å²) in [5.74, 6) is 0.309. The fourth-order valence-corrected chi connectivity index (χ4v) is 3.31. The molecular weight excluding hydrogens is 398 g/mol. The largest absolute Gasteiger partial charge is 0.326 e. The maximum Gasteiger partial charge on any atom is 0.282 e. The van der Waals surface area contributed by atoms with Crippen molar-refractivity contribution in [2.24, 2.45) is 4.99 Å². The molecule has 0 aliphatic carbocycles. The van der Waals surface area contributed by atoms with E-state index in [1.54, 1.807) is 30.0 Å². The second-order valence-corrected chi connectivity index (χ2v) is 7.21. The third kappa shape index (κ3) is 4.73. The number of anilines is 2. The van der Waals surface area contributed by atoms with Gasteiger partial charge in [0.2, 0.25) is 5.91 Å². The van der Waals surface area contributed by atoms with Crippen LogP contribution in [0.4, 0.5) is 11.4 Å². The Kier molecular flexibility index (Phi) is 6.37. The van der Waals surface area contributed by atoms with Gasteiger partial charge in [0.25, 0.3) is 5.91 Å². The first-order valence-corrected chi connectivity index (χ1v) is 10.5. The lowest BCUT2D eigenvalue weighted by atomic mass is 10.1. The van der Waals surface area contributed by atoms with Gasteiger partial charge in [0.05, 0.1) is 5.69 Å². The Morgan fingerprint density at radius 1 is 0.938 bits per heavy atom. The molecule has 0 aromatic heterocycles. The van der Waals surface area contributed by atoms with E-state index >= 15 is 0 Å². The first kappa shape index (κ1) is 21.0. The number of amidine groups is 1. The van der Waals surface area contributed by atoms with Gasteiger partial charge in [0.1, 0.15) is 11.5 Å². The first-order chi connectivity index (χ1) is 15.7. The highest BCUT2D eigenvalue weighted by Gasteiger charge is 2.32. The molecule has 0 saturated carbocycles. The number of hydrogen-bond acceptors (Lipinski definition) is 3. The molecule has 158 valence electrons. The van der Waals surface area contributed by atoms with Gasteiger partial charge < -0.3 is 5.32 Å². The van der Waals surface area contributed by atoms with E-state index in [0.29, 0.717) is 29.3 Å². The molecule has 5 nitrogen and oxygen atoms in total. The van der Waals surface area contributed by atoms with Crippen LogP contribution < -0.4 is 10.2 Å². The van der Waals surface area contributed by atoms with Gasteiger partial charge in [-0.1, -0.05) is 79.7 Å². The Balaban J connectivity index is 1.65. The smallest absolute Gasteiger partial charge is 0.282 e. The molecule has 1 aliphatic rings. The number of nitrogens with zero attached hydrogens (tertiary/aromatic N) is 2. The Hall–Kier alpha value is -4.25. The van der Waals surface area contributed by atoms with Gasteiger partial charge in [-0.15, -0.1) is 0 Å². The van der Waals surface area contributed by atoms with E-state index < -0.39 is 0 Å². The van der Waals surface area contributed by atoms with Crippen molar-refractivity contribution >= 4 is 35.1 Å². The molecule has 2 amide bonds. The van der Waals surface area contributed by atoms with E-state index in [-0.39, 0.29) is 11.8 Å². The molecule has 1 N–H and O–H groups in total. The van der Waals surface area contributed by atoms with Gasteiger partial charge in [-0.2, -0.15) is 0 Å². The predicted octanol–water partition coefficient (Wildman–Crippen LogP) is 5.43. The van der Waals surface area contributed by atoms with Crippen molar-refractivity contribution in [1.29, 1.82) is 0 Å². The molecule has 0 unspecified atom stereocenters. The van der Waals surface area contributed by atoms with Gasteiger partial charge in [0, 0.05) is 17.7 Å². The highest BCUT2D eigenvalue weighted by atomic mass is 16.2. The van der Waals surface area contributed by atoms with E-state index in [9.17, 15) is 9.59 Å². The van der Waals surface area contributed by atoms with Crippen molar-refractivity contribution in [2.45, 2.75) is 13.3 Å². The van der Waals surface area contributed by atoms with Crippen molar-refractivity contribution in [3.8, 4) is 0 Å². The summed E-state index contributed by atoms with van der Waals surface area (Å²) in [6.45, 7) is 1.80. The molecule has 0 fully saturated rings. The van der Waals surface area contributed by atoms with Gasteiger partial charge in [-0.25, -0.2) is 4.99 Å². The summed E-state index contributed by atoms with van der Waals surface area (Å²) in [4.78, 5) is 31.2. The van der Waals surface area contributed by atoms with E-state index in [4.69, 9.17) is 0 Å². The number of nitrogens with one attached hydrogen (secondary N) is 1. The highest BCUT2D eigenvalue weighted by Crippen LogP contribution is 2.28. The minimum absolute atomic E-state index is 0.0584. The topological polar surface area (TPSA) is 61.8 Å². The summed E-state index contributed by atoms with van der Waals surface area (Å²) in [5.41, 5.74) is 3.62. The average molecular weight is 422 g/mol. The third-order valence-corrected chi connectivity index (χ3v) is 4.97. The summed E-state index contributed by atoms with van der Waals surface area (Å²) < 4.78 is 0. The zero-order valence-corrected chi connectivity index (χ0v) is 17.7. The Morgan fingerprint density at radius 2 is 1.59 bits per heavy atom. The fourth-order valence-electron chi connectivity index (χ4n) is 3.31. The molecule has 1 aliphatic heterocycles. The van der Waals surface area contributed by atoms with E-state index in [0.717, 1.165) is 11.1 Å². The van der Waals surface area contributed by atoms with E-state index in [2.05, 4.69) is 10.3 Å². The van der Waals surface area contributed by atoms with Crippen LogP contribution in [0.2, 0.25) is 0 Å². The quantitative estimate of drug-likeness (QED) is 0.540. The molecule has 0 spiro atoms. The number of allylic oxidation sites excluding steroid dienone is 2. The zero-order chi connectivity index (χ0) is 22.3. The summed E-state index contributed by atoms with van der Waals surface area (Å²) in [6, 6.07) is 26.7.